The fourth-order valence-electron chi connectivity index (χ4n) is 3.11. The largest absolute Gasteiger partial charge is 0.253 e. The lowest BCUT2D eigenvalue weighted by Crippen LogP contribution is -2.26. The highest BCUT2D eigenvalue weighted by Crippen LogP contribution is 2.36. The molecule has 3 aromatic rings. The summed E-state index contributed by atoms with van der Waals surface area (Å²) in [7, 11) is -3.51. The van der Waals surface area contributed by atoms with E-state index < -0.39 is 16.1 Å². The van der Waals surface area contributed by atoms with Crippen molar-refractivity contribution in [3.05, 3.63) is 72.1 Å². The van der Waals surface area contributed by atoms with Crippen molar-refractivity contribution < 1.29 is 8.42 Å². The molecule has 7 heteroatoms. The van der Waals surface area contributed by atoms with Crippen molar-refractivity contribution in [2.75, 3.05) is 6.26 Å². The number of hydrogen-bond acceptors (Lipinski definition) is 5. The van der Waals surface area contributed by atoms with Crippen LogP contribution in [0.3, 0.4) is 0 Å². The molecular formula is C18H16N4O2S. The van der Waals surface area contributed by atoms with Crippen LogP contribution in [0.5, 0.6) is 0 Å². The number of fused-ring (bicyclic) bond motifs is 1. The van der Waals surface area contributed by atoms with E-state index in [1.165, 1.54) is 10.7 Å². The highest BCUT2D eigenvalue weighted by molar-refractivity contribution is 7.88. The zero-order valence-electron chi connectivity index (χ0n) is 13.6. The van der Waals surface area contributed by atoms with Crippen LogP contribution in [0, 0.1) is 0 Å². The molecule has 0 aliphatic carbocycles. The summed E-state index contributed by atoms with van der Waals surface area (Å²) in [6, 6.07) is 14.8. The molecule has 0 saturated carbocycles. The van der Waals surface area contributed by atoms with Gasteiger partial charge in [-0.15, -0.1) is 0 Å². The maximum Gasteiger partial charge on any atom is 0.247 e. The highest BCUT2D eigenvalue weighted by Gasteiger charge is 2.35. The van der Waals surface area contributed by atoms with Gasteiger partial charge in [-0.05, 0) is 11.6 Å². The summed E-state index contributed by atoms with van der Waals surface area (Å²) >= 11 is 0. The molecule has 126 valence electrons. The van der Waals surface area contributed by atoms with Crippen LogP contribution >= 0.6 is 0 Å². The van der Waals surface area contributed by atoms with Gasteiger partial charge in [0.2, 0.25) is 10.0 Å². The molecule has 1 aliphatic heterocycles. The van der Waals surface area contributed by atoms with Crippen LogP contribution in [0.1, 0.15) is 23.6 Å². The molecule has 0 bridgehead atoms. The predicted octanol–water partition coefficient (Wildman–Crippen LogP) is 2.74. The molecule has 0 N–H and O–H groups in total. The second kappa shape index (κ2) is 5.93. The summed E-state index contributed by atoms with van der Waals surface area (Å²) in [5.74, 6) is 0. The molecule has 1 aromatic heterocycles. The van der Waals surface area contributed by atoms with Gasteiger partial charge in [-0.3, -0.25) is 9.97 Å². The quantitative estimate of drug-likeness (QED) is 0.726. The predicted molar refractivity (Wildman–Crippen MR) is 96.6 cm³/mol. The third-order valence-electron chi connectivity index (χ3n) is 4.21. The Balaban J connectivity index is 1.84. The van der Waals surface area contributed by atoms with Crippen LogP contribution < -0.4 is 0 Å². The Morgan fingerprint density at radius 2 is 1.76 bits per heavy atom. The first-order valence-corrected chi connectivity index (χ1v) is 9.71. The van der Waals surface area contributed by atoms with E-state index in [2.05, 4.69) is 15.1 Å². The van der Waals surface area contributed by atoms with E-state index >= 15 is 0 Å². The Morgan fingerprint density at radius 1 is 1.00 bits per heavy atom. The second-order valence-corrected chi connectivity index (χ2v) is 7.78. The maximum atomic E-state index is 12.3. The zero-order valence-corrected chi connectivity index (χ0v) is 14.4. The number of sulfonamides is 1. The summed E-state index contributed by atoms with van der Waals surface area (Å²) in [6.07, 6.45) is 4.91. The monoisotopic (exact) mass is 352 g/mol. The first-order valence-electron chi connectivity index (χ1n) is 7.86. The van der Waals surface area contributed by atoms with Crippen LogP contribution in [-0.4, -0.2) is 34.8 Å². The zero-order chi connectivity index (χ0) is 17.4. The Kier molecular flexibility index (Phi) is 3.73. The SMILES string of the molecule is CS(=O)(=O)N1N=C(c2ccccc2)C[C@@H]1c1cccc2nccnc12. The highest BCUT2D eigenvalue weighted by atomic mass is 32.2. The Labute approximate surface area is 145 Å². The lowest BCUT2D eigenvalue weighted by Gasteiger charge is -2.22. The molecule has 4 rings (SSSR count). The average Bonchev–Trinajstić information content (AvgIpc) is 3.08. The van der Waals surface area contributed by atoms with Gasteiger partial charge in [0.25, 0.3) is 0 Å². The number of nitrogens with zero attached hydrogens (tertiary/aromatic N) is 4. The van der Waals surface area contributed by atoms with Crippen molar-refractivity contribution in [3.8, 4) is 0 Å². The number of hydrazone groups is 1. The summed E-state index contributed by atoms with van der Waals surface area (Å²) in [6.45, 7) is 0. The molecule has 0 spiro atoms. The molecule has 0 fully saturated rings. The van der Waals surface area contributed by atoms with E-state index in [1.807, 2.05) is 48.5 Å². The fraction of sp³-hybridized carbons (Fsp3) is 0.167. The third kappa shape index (κ3) is 2.87. The average molecular weight is 352 g/mol. The maximum absolute atomic E-state index is 12.3. The second-order valence-electron chi connectivity index (χ2n) is 5.94. The molecule has 1 aliphatic rings. The van der Waals surface area contributed by atoms with E-state index in [4.69, 9.17) is 0 Å². The smallest absolute Gasteiger partial charge is 0.247 e. The molecule has 2 aromatic carbocycles. The molecule has 0 unspecified atom stereocenters. The normalized spacial score (nSPS) is 17.7. The first-order chi connectivity index (χ1) is 12.0. The Morgan fingerprint density at radius 3 is 2.52 bits per heavy atom. The van der Waals surface area contributed by atoms with Crippen molar-refractivity contribution in [2.45, 2.75) is 12.5 Å². The van der Waals surface area contributed by atoms with Gasteiger partial charge in [-0.2, -0.15) is 9.52 Å². The molecule has 2 heterocycles. The number of rotatable bonds is 3. The van der Waals surface area contributed by atoms with Gasteiger partial charge in [0.05, 0.1) is 29.0 Å². The van der Waals surface area contributed by atoms with E-state index in [0.29, 0.717) is 11.9 Å². The molecular weight excluding hydrogens is 336 g/mol. The number of benzene rings is 2. The molecule has 0 amide bonds. The lowest BCUT2D eigenvalue weighted by molar-refractivity contribution is 0.376. The molecule has 6 nitrogen and oxygen atoms in total. The van der Waals surface area contributed by atoms with E-state index in [0.717, 1.165) is 22.4 Å². The van der Waals surface area contributed by atoms with E-state index in [9.17, 15) is 8.42 Å². The van der Waals surface area contributed by atoms with E-state index in [-0.39, 0.29) is 0 Å². The van der Waals surface area contributed by atoms with Crippen molar-refractivity contribution in [2.24, 2.45) is 5.10 Å². The molecule has 0 radical (unpaired) electrons. The minimum absolute atomic E-state index is 0.425. The van der Waals surface area contributed by atoms with Crippen LogP contribution in [0.25, 0.3) is 11.0 Å². The molecule has 0 saturated heterocycles. The van der Waals surface area contributed by atoms with Crippen LogP contribution in [0.4, 0.5) is 0 Å². The summed E-state index contributed by atoms with van der Waals surface area (Å²) < 4.78 is 25.8. The van der Waals surface area contributed by atoms with Crippen molar-refractivity contribution in [1.29, 1.82) is 0 Å². The minimum Gasteiger partial charge on any atom is -0.253 e. The van der Waals surface area contributed by atoms with Gasteiger partial charge in [-0.1, -0.05) is 42.5 Å². The van der Waals surface area contributed by atoms with Gasteiger partial charge in [-0.25, -0.2) is 8.42 Å². The first kappa shape index (κ1) is 15.7. The van der Waals surface area contributed by atoms with Gasteiger partial charge in [0, 0.05) is 24.4 Å². The molecule has 1 atom stereocenters. The van der Waals surface area contributed by atoms with Gasteiger partial charge in [0.15, 0.2) is 0 Å². The fourth-order valence-corrected chi connectivity index (χ4v) is 4.01. The third-order valence-corrected chi connectivity index (χ3v) is 5.22. The van der Waals surface area contributed by atoms with Crippen LogP contribution in [0.15, 0.2) is 66.0 Å². The van der Waals surface area contributed by atoms with Crippen LogP contribution in [0.2, 0.25) is 0 Å². The summed E-state index contributed by atoms with van der Waals surface area (Å²) in [5, 5.41) is 4.41. The van der Waals surface area contributed by atoms with Crippen molar-refractivity contribution in [3.63, 3.8) is 0 Å². The van der Waals surface area contributed by atoms with Crippen molar-refractivity contribution >= 4 is 26.8 Å². The Bertz CT molecular complexity index is 1060. The number of para-hydroxylation sites is 1. The number of aromatic nitrogens is 2. The van der Waals surface area contributed by atoms with Crippen molar-refractivity contribution in [1.82, 2.24) is 14.4 Å². The van der Waals surface area contributed by atoms with Gasteiger partial charge < -0.3 is 0 Å². The lowest BCUT2D eigenvalue weighted by atomic mass is 9.98. The van der Waals surface area contributed by atoms with Crippen LogP contribution in [-0.2, 0) is 10.0 Å². The van der Waals surface area contributed by atoms with E-state index in [1.54, 1.807) is 12.4 Å². The summed E-state index contributed by atoms with van der Waals surface area (Å²) in [5.41, 5.74) is 3.92. The van der Waals surface area contributed by atoms with Gasteiger partial charge in [0.1, 0.15) is 0 Å². The topological polar surface area (TPSA) is 75.5 Å². The minimum atomic E-state index is -3.51. The Hall–Kier alpha value is -2.80. The summed E-state index contributed by atoms with van der Waals surface area (Å²) in [4.78, 5) is 8.71. The standard InChI is InChI=1S/C18H16N4O2S/c1-25(23,24)22-17(12-16(21-22)13-6-3-2-4-7-13)14-8-5-9-15-18(14)20-11-10-19-15/h2-11,17H,12H2,1H3/t17-/m1/s1. The number of hydrogen-bond donors (Lipinski definition) is 0. The molecule has 25 heavy (non-hydrogen) atoms. The van der Waals surface area contributed by atoms with Gasteiger partial charge >= 0.3 is 0 Å².